The molecule has 6 rings (SSSR count). The van der Waals surface area contributed by atoms with Crippen LogP contribution in [-0.4, -0.2) is 23.3 Å². The molecule has 1 N–H and O–H groups in total. The van der Waals surface area contributed by atoms with Gasteiger partial charge in [0.2, 0.25) is 5.91 Å². The van der Waals surface area contributed by atoms with Crippen LogP contribution in [0.5, 0.6) is 5.75 Å². The molecular formula is C33H31FN2O4. The Kier molecular flexibility index (Phi) is 7.11. The van der Waals surface area contributed by atoms with Crippen molar-refractivity contribution < 1.29 is 23.1 Å². The maximum atomic E-state index is 13.4. The molecule has 1 aliphatic carbocycles. The predicted molar refractivity (Wildman–Crippen MR) is 148 cm³/mol. The molecule has 7 heteroatoms. The average molecular weight is 539 g/mol. The first-order valence-corrected chi connectivity index (χ1v) is 13.7. The van der Waals surface area contributed by atoms with Gasteiger partial charge >= 0.3 is 0 Å². The second-order valence-electron chi connectivity index (χ2n) is 10.6. The number of ether oxygens (including phenoxy) is 1. The van der Waals surface area contributed by atoms with Crippen LogP contribution in [0, 0.1) is 18.7 Å². The third kappa shape index (κ3) is 5.64. The van der Waals surface area contributed by atoms with E-state index in [4.69, 9.17) is 9.15 Å². The molecule has 2 heterocycles. The quantitative estimate of drug-likeness (QED) is 0.293. The average Bonchev–Trinajstić information content (AvgIpc) is 3.71. The lowest BCUT2D eigenvalue weighted by molar-refractivity contribution is -0.134. The number of amides is 2. The summed E-state index contributed by atoms with van der Waals surface area (Å²) in [6.07, 6.45) is 2.75. The number of hydrogen-bond donors (Lipinski definition) is 1. The highest BCUT2D eigenvalue weighted by Gasteiger charge is 2.39. The lowest BCUT2D eigenvalue weighted by Crippen LogP contribution is -2.41. The molecule has 0 spiro atoms. The number of rotatable bonds is 8. The van der Waals surface area contributed by atoms with Crippen LogP contribution in [0.3, 0.4) is 0 Å². The molecule has 2 amide bonds. The van der Waals surface area contributed by atoms with E-state index in [1.54, 1.807) is 24.3 Å². The van der Waals surface area contributed by atoms with Gasteiger partial charge < -0.3 is 19.4 Å². The first-order chi connectivity index (χ1) is 19.4. The number of furan rings is 1. The summed E-state index contributed by atoms with van der Waals surface area (Å²) in [5.74, 6) is 0.994. The van der Waals surface area contributed by atoms with E-state index in [0.717, 1.165) is 36.0 Å². The van der Waals surface area contributed by atoms with Crippen LogP contribution < -0.4 is 10.1 Å². The van der Waals surface area contributed by atoms with Crippen LogP contribution in [-0.2, 0) is 24.4 Å². The Hall–Kier alpha value is -4.39. The summed E-state index contributed by atoms with van der Waals surface area (Å²) in [7, 11) is 0. The summed E-state index contributed by atoms with van der Waals surface area (Å²) in [5.41, 5.74) is 5.22. The molecule has 1 aromatic heterocycles. The van der Waals surface area contributed by atoms with Crippen molar-refractivity contribution in [1.82, 2.24) is 10.2 Å². The van der Waals surface area contributed by atoms with Crippen molar-refractivity contribution in [2.24, 2.45) is 5.92 Å². The van der Waals surface area contributed by atoms with Gasteiger partial charge in [0.25, 0.3) is 5.91 Å². The predicted octanol–water partition coefficient (Wildman–Crippen LogP) is 6.12. The summed E-state index contributed by atoms with van der Waals surface area (Å²) in [6.45, 7) is 3.12. The van der Waals surface area contributed by atoms with Gasteiger partial charge in [-0.25, -0.2) is 4.39 Å². The number of hydrogen-bond acceptors (Lipinski definition) is 4. The molecule has 3 aromatic carbocycles. The highest BCUT2D eigenvalue weighted by Crippen LogP contribution is 2.41. The molecule has 1 fully saturated rings. The third-order valence-electron chi connectivity index (χ3n) is 7.52. The largest absolute Gasteiger partial charge is 0.486 e. The van der Waals surface area contributed by atoms with Crippen molar-refractivity contribution in [1.29, 1.82) is 0 Å². The van der Waals surface area contributed by atoms with Crippen LogP contribution in [0.4, 0.5) is 4.39 Å². The third-order valence-corrected chi connectivity index (χ3v) is 7.52. The molecule has 40 heavy (non-hydrogen) atoms. The van der Waals surface area contributed by atoms with E-state index in [2.05, 4.69) is 36.5 Å². The van der Waals surface area contributed by atoms with E-state index in [9.17, 15) is 14.0 Å². The van der Waals surface area contributed by atoms with Gasteiger partial charge in [-0.15, -0.1) is 0 Å². The maximum Gasteiger partial charge on any atom is 0.287 e. The van der Waals surface area contributed by atoms with Crippen LogP contribution >= 0.6 is 0 Å². The van der Waals surface area contributed by atoms with Gasteiger partial charge in [-0.1, -0.05) is 48.0 Å². The van der Waals surface area contributed by atoms with Gasteiger partial charge in [0.05, 0.1) is 6.04 Å². The molecule has 1 atom stereocenters. The van der Waals surface area contributed by atoms with Crippen LogP contribution in [0.2, 0.25) is 0 Å². The molecule has 6 nitrogen and oxygen atoms in total. The lowest BCUT2D eigenvalue weighted by Gasteiger charge is -2.38. The SMILES string of the molecule is Cc1cccc([C@@H]2c3cc(OCc4ccc(C(=O)NCc5cccc(F)c5)o4)ccc3CCN2C(=O)C2CC2)c1. The number of carbonyl (C=O) groups is 2. The van der Waals surface area contributed by atoms with Crippen LogP contribution in [0.15, 0.2) is 83.3 Å². The first-order valence-electron chi connectivity index (χ1n) is 13.7. The fraction of sp³-hybridized carbons (Fsp3) is 0.273. The van der Waals surface area contributed by atoms with Crippen molar-refractivity contribution in [2.75, 3.05) is 6.54 Å². The van der Waals surface area contributed by atoms with E-state index in [0.29, 0.717) is 23.6 Å². The number of fused-ring (bicyclic) bond motifs is 1. The van der Waals surface area contributed by atoms with Crippen molar-refractivity contribution in [2.45, 2.75) is 45.4 Å². The first kappa shape index (κ1) is 25.9. The number of aryl methyl sites for hydroxylation is 1. The molecule has 0 bridgehead atoms. The highest BCUT2D eigenvalue weighted by atomic mass is 19.1. The minimum Gasteiger partial charge on any atom is -0.486 e. The summed E-state index contributed by atoms with van der Waals surface area (Å²) < 4.78 is 25.2. The topological polar surface area (TPSA) is 71.8 Å². The molecule has 0 radical (unpaired) electrons. The Bertz CT molecular complexity index is 1560. The zero-order valence-corrected chi connectivity index (χ0v) is 22.4. The van der Waals surface area contributed by atoms with Crippen molar-refractivity contribution in [3.63, 3.8) is 0 Å². The van der Waals surface area contributed by atoms with Gasteiger partial charge in [0.1, 0.15) is 23.9 Å². The van der Waals surface area contributed by atoms with E-state index in [1.165, 1.54) is 17.7 Å². The van der Waals surface area contributed by atoms with E-state index >= 15 is 0 Å². The monoisotopic (exact) mass is 538 g/mol. The summed E-state index contributed by atoms with van der Waals surface area (Å²) in [6, 6.07) is 23.7. The Morgan fingerprint density at radius 2 is 1.88 bits per heavy atom. The van der Waals surface area contributed by atoms with E-state index < -0.39 is 0 Å². The van der Waals surface area contributed by atoms with Gasteiger partial charge in [-0.3, -0.25) is 9.59 Å². The zero-order chi connectivity index (χ0) is 27.6. The van der Waals surface area contributed by atoms with Gasteiger partial charge in [-0.2, -0.15) is 0 Å². The highest BCUT2D eigenvalue weighted by molar-refractivity contribution is 5.91. The summed E-state index contributed by atoms with van der Waals surface area (Å²) in [5, 5.41) is 2.74. The molecule has 204 valence electrons. The minimum absolute atomic E-state index is 0.146. The minimum atomic E-state index is -0.384. The maximum absolute atomic E-state index is 13.4. The van der Waals surface area contributed by atoms with Gasteiger partial charge in [-0.05, 0) is 84.8 Å². The second kappa shape index (κ2) is 11.0. The van der Waals surface area contributed by atoms with Crippen molar-refractivity contribution >= 4 is 11.8 Å². The Morgan fingerprint density at radius 3 is 2.67 bits per heavy atom. The molecule has 1 saturated carbocycles. The van der Waals surface area contributed by atoms with E-state index in [1.807, 2.05) is 23.1 Å². The fourth-order valence-electron chi connectivity index (χ4n) is 5.33. The fourth-order valence-corrected chi connectivity index (χ4v) is 5.33. The number of halogens is 1. The Morgan fingerprint density at radius 1 is 1.02 bits per heavy atom. The molecule has 4 aromatic rings. The standard InChI is InChI=1S/C33H31FN2O4/c1-21-4-2-6-25(16-21)31-29-18-27(11-10-23(29)14-15-36(31)33(38)24-8-9-24)39-20-28-12-13-30(40-28)32(37)35-19-22-5-3-7-26(34)17-22/h2-7,10-13,16-18,24,31H,8-9,14-15,19-20H2,1H3,(H,35,37)/t31-/m1/s1. The number of carbonyl (C=O) groups excluding carboxylic acids is 2. The molecule has 1 aliphatic heterocycles. The molecule has 0 saturated heterocycles. The Balaban J connectivity index is 1.16. The zero-order valence-electron chi connectivity index (χ0n) is 22.4. The summed E-state index contributed by atoms with van der Waals surface area (Å²) >= 11 is 0. The van der Waals surface area contributed by atoms with Crippen LogP contribution in [0.1, 0.15) is 63.0 Å². The van der Waals surface area contributed by atoms with Gasteiger partial charge in [0.15, 0.2) is 5.76 Å². The number of nitrogens with one attached hydrogen (secondary N) is 1. The summed E-state index contributed by atoms with van der Waals surface area (Å²) in [4.78, 5) is 27.8. The molecular weight excluding hydrogens is 507 g/mol. The second-order valence-corrected chi connectivity index (χ2v) is 10.6. The van der Waals surface area contributed by atoms with Crippen LogP contribution in [0.25, 0.3) is 0 Å². The normalized spacial score (nSPS) is 16.4. The van der Waals surface area contributed by atoms with Crippen molar-refractivity contribution in [3.05, 3.63) is 124 Å². The smallest absolute Gasteiger partial charge is 0.287 e. The van der Waals surface area contributed by atoms with Gasteiger partial charge in [0, 0.05) is 19.0 Å². The Labute approximate surface area is 232 Å². The molecule has 0 unspecified atom stereocenters. The number of nitrogens with zero attached hydrogens (tertiary/aromatic N) is 1. The van der Waals surface area contributed by atoms with Crippen molar-refractivity contribution in [3.8, 4) is 5.75 Å². The molecule has 2 aliphatic rings. The number of benzene rings is 3. The lowest BCUT2D eigenvalue weighted by atomic mass is 9.87. The van der Waals surface area contributed by atoms with E-state index in [-0.39, 0.29) is 48.5 Å².